The van der Waals surface area contributed by atoms with Gasteiger partial charge >= 0.3 is 6.09 Å². The second-order valence-corrected chi connectivity index (χ2v) is 6.38. The number of amides is 1. The molecule has 4 nitrogen and oxygen atoms in total. The highest BCUT2D eigenvalue weighted by molar-refractivity contribution is 5.72. The van der Waals surface area contributed by atoms with Crippen LogP contribution in [-0.4, -0.2) is 16.6 Å². The van der Waals surface area contributed by atoms with Gasteiger partial charge in [0.2, 0.25) is 0 Å². The first-order valence-electron chi connectivity index (χ1n) is 6.77. The Hall–Kier alpha value is -1.71. The Bertz CT molecular complexity index is 533. The van der Waals surface area contributed by atoms with E-state index in [9.17, 15) is 4.79 Å². The molecular weight excluding hydrogens is 240 g/mol. The molecule has 1 aromatic rings. The number of nitrogen functional groups attached to an aromatic ring is 1. The fraction of sp³-hybridized carbons (Fsp3) is 0.533. The maximum absolute atomic E-state index is 12.3. The van der Waals surface area contributed by atoms with Crippen molar-refractivity contribution in [2.75, 3.05) is 5.73 Å². The van der Waals surface area contributed by atoms with E-state index in [0.717, 1.165) is 18.5 Å². The van der Waals surface area contributed by atoms with E-state index in [2.05, 4.69) is 0 Å². The molecule has 2 aliphatic heterocycles. The van der Waals surface area contributed by atoms with Crippen LogP contribution in [0.3, 0.4) is 0 Å². The lowest BCUT2D eigenvalue weighted by atomic mass is 9.91. The first kappa shape index (κ1) is 12.3. The molecule has 2 bridgehead atoms. The summed E-state index contributed by atoms with van der Waals surface area (Å²) in [4.78, 5) is 14.2. The molecule has 19 heavy (non-hydrogen) atoms. The van der Waals surface area contributed by atoms with Crippen LogP contribution in [0.15, 0.2) is 18.2 Å². The standard InChI is InChI=1S/C15H20N2O2/c1-15(2,3)19-14(18)17-12-6-7-13(17)11-8-9(16)4-5-10(11)12/h4-5,8,12-13H,6-7,16H2,1-3H3. The predicted molar refractivity (Wildman–Crippen MR) is 73.6 cm³/mol. The Labute approximate surface area is 113 Å². The highest BCUT2D eigenvalue weighted by Gasteiger charge is 2.47. The van der Waals surface area contributed by atoms with Gasteiger partial charge in [-0.1, -0.05) is 6.07 Å². The first-order chi connectivity index (χ1) is 8.87. The molecule has 1 amide bonds. The second-order valence-electron chi connectivity index (χ2n) is 6.38. The summed E-state index contributed by atoms with van der Waals surface area (Å²) in [7, 11) is 0. The zero-order chi connectivity index (χ0) is 13.8. The zero-order valence-corrected chi connectivity index (χ0v) is 11.6. The number of fused-ring (bicyclic) bond motifs is 5. The number of hydrogen-bond acceptors (Lipinski definition) is 3. The lowest BCUT2D eigenvalue weighted by Crippen LogP contribution is -2.34. The minimum Gasteiger partial charge on any atom is -0.444 e. The molecular formula is C15H20N2O2. The van der Waals surface area contributed by atoms with Gasteiger partial charge < -0.3 is 10.5 Å². The van der Waals surface area contributed by atoms with Crippen molar-refractivity contribution in [1.82, 2.24) is 4.90 Å². The minimum atomic E-state index is -0.454. The average molecular weight is 260 g/mol. The van der Waals surface area contributed by atoms with E-state index in [1.54, 1.807) is 0 Å². The maximum atomic E-state index is 12.3. The fourth-order valence-corrected chi connectivity index (χ4v) is 3.18. The van der Waals surface area contributed by atoms with Crippen molar-refractivity contribution in [1.29, 1.82) is 0 Å². The molecule has 0 radical (unpaired) electrons. The molecule has 1 fully saturated rings. The van der Waals surface area contributed by atoms with Crippen molar-refractivity contribution in [2.45, 2.75) is 51.3 Å². The zero-order valence-electron chi connectivity index (χ0n) is 11.6. The van der Waals surface area contributed by atoms with Gasteiger partial charge in [-0.05, 0) is 56.9 Å². The van der Waals surface area contributed by atoms with E-state index in [1.807, 2.05) is 43.9 Å². The van der Waals surface area contributed by atoms with Crippen molar-refractivity contribution in [2.24, 2.45) is 0 Å². The molecule has 1 aromatic carbocycles. The third-order valence-electron chi connectivity index (χ3n) is 3.82. The summed E-state index contributed by atoms with van der Waals surface area (Å²) in [6, 6.07) is 6.25. The summed E-state index contributed by atoms with van der Waals surface area (Å²) < 4.78 is 5.52. The minimum absolute atomic E-state index is 0.137. The van der Waals surface area contributed by atoms with Crippen molar-refractivity contribution >= 4 is 11.8 Å². The van der Waals surface area contributed by atoms with Gasteiger partial charge in [-0.2, -0.15) is 0 Å². The summed E-state index contributed by atoms with van der Waals surface area (Å²) in [5.41, 5.74) is 8.59. The third kappa shape index (κ3) is 1.95. The monoisotopic (exact) mass is 260 g/mol. The van der Waals surface area contributed by atoms with Crippen molar-refractivity contribution in [3.05, 3.63) is 29.3 Å². The van der Waals surface area contributed by atoms with E-state index in [4.69, 9.17) is 10.5 Å². The number of rotatable bonds is 0. The number of carbonyl (C=O) groups excluding carboxylic acids is 1. The molecule has 0 spiro atoms. The topological polar surface area (TPSA) is 55.6 Å². The van der Waals surface area contributed by atoms with Crippen LogP contribution in [0, 0.1) is 0 Å². The highest BCUT2D eigenvalue weighted by Crippen LogP contribution is 2.53. The van der Waals surface area contributed by atoms with Gasteiger partial charge in [0.15, 0.2) is 0 Å². The molecule has 2 heterocycles. The van der Waals surface area contributed by atoms with Gasteiger partial charge in [-0.3, -0.25) is 4.90 Å². The van der Waals surface area contributed by atoms with Gasteiger partial charge in [0.1, 0.15) is 5.60 Å². The van der Waals surface area contributed by atoms with Crippen LogP contribution in [0.2, 0.25) is 0 Å². The third-order valence-corrected chi connectivity index (χ3v) is 3.82. The van der Waals surface area contributed by atoms with Crippen molar-refractivity contribution in [3.63, 3.8) is 0 Å². The summed E-state index contributed by atoms with van der Waals surface area (Å²) in [6.45, 7) is 5.69. The van der Waals surface area contributed by atoms with Crippen LogP contribution in [0.4, 0.5) is 10.5 Å². The Morgan fingerprint density at radius 1 is 1.26 bits per heavy atom. The van der Waals surface area contributed by atoms with Crippen LogP contribution in [0.1, 0.15) is 56.8 Å². The Morgan fingerprint density at radius 2 is 1.89 bits per heavy atom. The second kappa shape index (κ2) is 3.89. The summed E-state index contributed by atoms with van der Waals surface area (Å²) in [5, 5.41) is 0. The first-order valence-corrected chi connectivity index (χ1v) is 6.77. The van der Waals surface area contributed by atoms with E-state index < -0.39 is 5.60 Å². The molecule has 2 unspecified atom stereocenters. The molecule has 4 heteroatoms. The van der Waals surface area contributed by atoms with E-state index >= 15 is 0 Å². The molecule has 2 atom stereocenters. The van der Waals surface area contributed by atoms with Gasteiger partial charge in [0.05, 0.1) is 12.1 Å². The quantitative estimate of drug-likeness (QED) is 0.727. The number of nitrogens with zero attached hydrogens (tertiary/aromatic N) is 1. The molecule has 3 rings (SSSR count). The number of benzene rings is 1. The van der Waals surface area contributed by atoms with Gasteiger partial charge in [-0.15, -0.1) is 0 Å². The molecule has 102 valence electrons. The van der Waals surface area contributed by atoms with Crippen molar-refractivity contribution in [3.8, 4) is 0 Å². The largest absolute Gasteiger partial charge is 0.444 e. The normalized spacial score (nSPS) is 24.5. The predicted octanol–water partition coefficient (Wildman–Crippen LogP) is 3.40. The lowest BCUT2D eigenvalue weighted by molar-refractivity contribution is 0.0177. The molecule has 0 saturated carbocycles. The maximum Gasteiger partial charge on any atom is 0.411 e. The van der Waals surface area contributed by atoms with Crippen LogP contribution in [-0.2, 0) is 4.74 Å². The molecule has 1 saturated heterocycles. The average Bonchev–Trinajstić information content (AvgIpc) is 2.82. The number of ether oxygens (including phenoxy) is 1. The number of anilines is 1. The van der Waals surface area contributed by atoms with E-state index in [-0.39, 0.29) is 18.2 Å². The Morgan fingerprint density at radius 3 is 2.53 bits per heavy atom. The van der Waals surface area contributed by atoms with Crippen LogP contribution < -0.4 is 5.73 Å². The smallest absolute Gasteiger partial charge is 0.411 e. The van der Waals surface area contributed by atoms with Crippen molar-refractivity contribution < 1.29 is 9.53 Å². The van der Waals surface area contributed by atoms with Crippen LogP contribution in [0.25, 0.3) is 0 Å². The fourth-order valence-electron chi connectivity index (χ4n) is 3.18. The molecule has 2 N–H and O–H groups in total. The summed E-state index contributed by atoms with van der Waals surface area (Å²) in [5.74, 6) is 0. The lowest BCUT2D eigenvalue weighted by Gasteiger charge is -2.27. The van der Waals surface area contributed by atoms with E-state index in [0.29, 0.717) is 0 Å². The highest BCUT2D eigenvalue weighted by atomic mass is 16.6. The van der Waals surface area contributed by atoms with Crippen LogP contribution >= 0.6 is 0 Å². The van der Waals surface area contributed by atoms with Gasteiger partial charge in [0, 0.05) is 5.69 Å². The molecule has 0 aromatic heterocycles. The van der Waals surface area contributed by atoms with E-state index in [1.165, 1.54) is 11.1 Å². The molecule has 0 aliphatic carbocycles. The number of carbonyl (C=O) groups is 1. The van der Waals surface area contributed by atoms with Crippen LogP contribution in [0.5, 0.6) is 0 Å². The van der Waals surface area contributed by atoms with Gasteiger partial charge in [0.25, 0.3) is 0 Å². The number of nitrogens with two attached hydrogens (primary N) is 1. The number of hydrogen-bond donors (Lipinski definition) is 1. The van der Waals surface area contributed by atoms with Gasteiger partial charge in [-0.25, -0.2) is 4.79 Å². The Kier molecular flexibility index (Phi) is 2.52. The Balaban J connectivity index is 1.90. The SMILES string of the molecule is CC(C)(C)OC(=O)N1C2CCC1c1cc(N)ccc12. The summed E-state index contributed by atoms with van der Waals surface area (Å²) >= 11 is 0. The summed E-state index contributed by atoms with van der Waals surface area (Å²) in [6.07, 6.45) is 1.80. The molecule has 2 aliphatic rings.